The molecule has 5 heteroatoms. The van der Waals surface area contributed by atoms with E-state index >= 15 is 0 Å². The summed E-state index contributed by atoms with van der Waals surface area (Å²) in [6, 6.07) is 7.78. The van der Waals surface area contributed by atoms with Crippen molar-refractivity contribution in [2.75, 3.05) is 0 Å². The number of hydrogen-bond donors (Lipinski definition) is 2. The van der Waals surface area contributed by atoms with E-state index in [-0.39, 0.29) is 36.3 Å². The van der Waals surface area contributed by atoms with Crippen LogP contribution in [-0.4, -0.2) is 11.9 Å². The van der Waals surface area contributed by atoms with Gasteiger partial charge >= 0.3 is 0 Å². The molecular weight excluding hydrogens is 316 g/mol. The van der Waals surface area contributed by atoms with Gasteiger partial charge in [0.25, 0.3) is 0 Å². The third-order valence-corrected chi connectivity index (χ3v) is 3.46. The fraction of sp³-hybridized carbons (Fsp3) is 0.462. The van der Waals surface area contributed by atoms with E-state index in [4.69, 9.17) is 5.73 Å². The van der Waals surface area contributed by atoms with Crippen LogP contribution in [0.15, 0.2) is 28.7 Å². The zero-order valence-corrected chi connectivity index (χ0v) is 13.2. The van der Waals surface area contributed by atoms with E-state index in [0.29, 0.717) is 0 Å². The van der Waals surface area contributed by atoms with Crippen molar-refractivity contribution in [3.05, 3.63) is 34.3 Å². The molecule has 3 unspecified atom stereocenters. The average molecular weight is 336 g/mol. The van der Waals surface area contributed by atoms with Gasteiger partial charge in [-0.1, -0.05) is 35.0 Å². The number of nitrogens with one attached hydrogen (secondary N) is 1. The lowest BCUT2D eigenvalue weighted by Gasteiger charge is -2.20. The van der Waals surface area contributed by atoms with Crippen LogP contribution in [0.25, 0.3) is 0 Å². The summed E-state index contributed by atoms with van der Waals surface area (Å²) in [6.45, 7) is 5.65. The fourth-order valence-electron chi connectivity index (χ4n) is 1.42. The van der Waals surface area contributed by atoms with Crippen molar-refractivity contribution in [1.29, 1.82) is 0 Å². The highest BCUT2D eigenvalue weighted by atomic mass is 79.9. The van der Waals surface area contributed by atoms with Crippen LogP contribution in [0.3, 0.4) is 0 Å². The van der Waals surface area contributed by atoms with Gasteiger partial charge in [0.05, 0.1) is 6.04 Å². The summed E-state index contributed by atoms with van der Waals surface area (Å²) in [4.78, 5) is 11.8. The van der Waals surface area contributed by atoms with E-state index in [2.05, 4.69) is 21.2 Å². The highest BCUT2D eigenvalue weighted by Gasteiger charge is 2.19. The maximum absolute atomic E-state index is 11.8. The lowest BCUT2D eigenvalue weighted by Crippen LogP contribution is -2.39. The first-order chi connectivity index (χ1) is 7.91. The second-order valence-electron chi connectivity index (χ2n) is 4.43. The van der Waals surface area contributed by atoms with Crippen LogP contribution in [0.2, 0.25) is 0 Å². The van der Waals surface area contributed by atoms with Gasteiger partial charge in [0.15, 0.2) is 0 Å². The Bertz CT molecular complexity index is 381. The zero-order valence-electron chi connectivity index (χ0n) is 10.8. The first kappa shape index (κ1) is 17.4. The number of halogens is 2. The van der Waals surface area contributed by atoms with Gasteiger partial charge in [0, 0.05) is 16.4 Å². The molecule has 0 spiro atoms. The molecule has 102 valence electrons. The quantitative estimate of drug-likeness (QED) is 0.888. The van der Waals surface area contributed by atoms with Crippen LogP contribution < -0.4 is 11.1 Å². The molecule has 0 aromatic heterocycles. The minimum atomic E-state index is -0.173. The van der Waals surface area contributed by atoms with Gasteiger partial charge in [-0.3, -0.25) is 4.79 Å². The van der Waals surface area contributed by atoms with Gasteiger partial charge in [-0.15, -0.1) is 12.4 Å². The van der Waals surface area contributed by atoms with Crippen LogP contribution in [0, 0.1) is 5.92 Å². The third-order valence-electron chi connectivity index (χ3n) is 2.93. The second-order valence-corrected chi connectivity index (χ2v) is 5.35. The first-order valence-electron chi connectivity index (χ1n) is 5.73. The summed E-state index contributed by atoms with van der Waals surface area (Å²) in [6.07, 6.45) is 0. The molecule has 0 aliphatic carbocycles. The minimum Gasteiger partial charge on any atom is -0.349 e. The fourth-order valence-corrected chi connectivity index (χ4v) is 1.68. The molecule has 0 aliphatic heterocycles. The van der Waals surface area contributed by atoms with E-state index in [1.54, 1.807) is 0 Å². The van der Waals surface area contributed by atoms with Crippen LogP contribution in [0.5, 0.6) is 0 Å². The van der Waals surface area contributed by atoms with Crippen molar-refractivity contribution < 1.29 is 4.79 Å². The molecular formula is C13H20BrClN2O. The van der Waals surface area contributed by atoms with E-state index < -0.39 is 0 Å². The van der Waals surface area contributed by atoms with Gasteiger partial charge < -0.3 is 11.1 Å². The average Bonchev–Trinajstić information content (AvgIpc) is 2.28. The van der Waals surface area contributed by atoms with Crippen LogP contribution in [-0.2, 0) is 4.79 Å². The Balaban J connectivity index is 0.00000289. The lowest BCUT2D eigenvalue weighted by molar-refractivity contribution is -0.125. The first-order valence-corrected chi connectivity index (χ1v) is 6.52. The molecule has 0 radical (unpaired) electrons. The number of hydrogen-bond acceptors (Lipinski definition) is 2. The molecule has 0 aliphatic rings. The van der Waals surface area contributed by atoms with E-state index in [1.165, 1.54) is 0 Å². The molecule has 1 aromatic rings. The molecule has 0 bridgehead atoms. The highest BCUT2D eigenvalue weighted by Crippen LogP contribution is 2.17. The smallest absolute Gasteiger partial charge is 0.224 e. The molecule has 1 aromatic carbocycles. The molecule has 3 nitrogen and oxygen atoms in total. The highest BCUT2D eigenvalue weighted by molar-refractivity contribution is 9.10. The Hall–Kier alpha value is -0.580. The summed E-state index contributed by atoms with van der Waals surface area (Å²) in [5.74, 6) is -0.177. The Morgan fingerprint density at radius 3 is 2.17 bits per heavy atom. The maximum Gasteiger partial charge on any atom is 0.224 e. The van der Waals surface area contributed by atoms with Gasteiger partial charge in [-0.2, -0.15) is 0 Å². The Morgan fingerprint density at radius 1 is 1.22 bits per heavy atom. The van der Waals surface area contributed by atoms with Gasteiger partial charge in [-0.05, 0) is 31.5 Å². The summed E-state index contributed by atoms with van der Waals surface area (Å²) in [5.41, 5.74) is 6.79. The van der Waals surface area contributed by atoms with Crippen LogP contribution in [0.4, 0.5) is 0 Å². The number of rotatable bonds is 4. The van der Waals surface area contributed by atoms with Gasteiger partial charge in [0.2, 0.25) is 5.91 Å². The van der Waals surface area contributed by atoms with E-state index in [9.17, 15) is 4.79 Å². The van der Waals surface area contributed by atoms with Gasteiger partial charge in [-0.25, -0.2) is 0 Å². The van der Waals surface area contributed by atoms with E-state index in [1.807, 2.05) is 45.0 Å². The predicted octanol–water partition coefficient (Wildman–Crippen LogP) is 3.03. The standard InChI is InChI=1S/C13H19BrN2O.ClH/c1-8(9(2)15)13(17)16-10(3)11-4-6-12(14)7-5-11;/h4-10H,15H2,1-3H3,(H,16,17);1H. The van der Waals surface area contributed by atoms with Crippen molar-refractivity contribution >= 4 is 34.2 Å². The molecule has 0 saturated heterocycles. The van der Waals surface area contributed by atoms with Crippen molar-refractivity contribution in [3.63, 3.8) is 0 Å². The summed E-state index contributed by atoms with van der Waals surface area (Å²) < 4.78 is 1.03. The Kier molecular flexibility index (Phi) is 7.52. The van der Waals surface area contributed by atoms with E-state index in [0.717, 1.165) is 10.0 Å². The molecule has 1 amide bonds. The second kappa shape index (κ2) is 7.77. The molecule has 18 heavy (non-hydrogen) atoms. The Morgan fingerprint density at radius 2 is 1.72 bits per heavy atom. The van der Waals surface area contributed by atoms with Crippen molar-refractivity contribution in [2.45, 2.75) is 32.9 Å². The zero-order chi connectivity index (χ0) is 13.0. The number of amides is 1. The topological polar surface area (TPSA) is 55.1 Å². The number of nitrogens with two attached hydrogens (primary N) is 1. The largest absolute Gasteiger partial charge is 0.349 e. The monoisotopic (exact) mass is 334 g/mol. The molecule has 3 N–H and O–H groups in total. The summed E-state index contributed by atoms with van der Waals surface area (Å²) in [7, 11) is 0. The predicted molar refractivity (Wildman–Crippen MR) is 80.8 cm³/mol. The SMILES string of the molecule is CC(NC(=O)C(C)C(C)N)c1ccc(Br)cc1.Cl. The molecule has 0 fully saturated rings. The van der Waals surface area contributed by atoms with Crippen molar-refractivity contribution in [2.24, 2.45) is 11.7 Å². The number of benzene rings is 1. The molecule has 0 heterocycles. The molecule has 1 rings (SSSR count). The minimum absolute atomic E-state index is 0. The summed E-state index contributed by atoms with van der Waals surface area (Å²) in [5, 5.41) is 2.96. The van der Waals surface area contributed by atoms with Crippen LogP contribution >= 0.6 is 28.3 Å². The number of carbonyl (C=O) groups excluding carboxylic acids is 1. The molecule has 3 atom stereocenters. The lowest BCUT2D eigenvalue weighted by atomic mass is 10.0. The van der Waals surface area contributed by atoms with Crippen LogP contribution in [0.1, 0.15) is 32.4 Å². The molecule has 0 saturated carbocycles. The van der Waals surface area contributed by atoms with Gasteiger partial charge in [0.1, 0.15) is 0 Å². The normalized spacial score (nSPS) is 15.2. The number of carbonyl (C=O) groups is 1. The Labute approximate surface area is 123 Å². The maximum atomic E-state index is 11.8. The van der Waals surface area contributed by atoms with Crippen molar-refractivity contribution in [1.82, 2.24) is 5.32 Å². The third kappa shape index (κ3) is 4.96. The van der Waals surface area contributed by atoms with Crippen molar-refractivity contribution in [3.8, 4) is 0 Å². The summed E-state index contributed by atoms with van der Waals surface area (Å²) >= 11 is 3.38.